The Balaban J connectivity index is 2.29. The van der Waals surface area contributed by atoms with Crippen LogP contribution in [0.1, 0.15) is 26.3 Å². The van der Waals surface area contributed by atoms with E-state index >= 15 is 0 Å². The molecule has 0 saturated carbocycles. The number of rotatable bonds is 3. The van der Waals surface area contributed by atoms with Gasteiger partial charge in [-0.15, -0.1) is 0 Å². The highest BCUT2D eigenvalue weighted by Crippen LogP contribution is 2.24. The Morgan fingerprint density at radius 2 is 1.96 bits per heavy atom. The van der Waals surface area contributed by atoms with Gasteiger partial charge in [-0.3, -0.25) is 0 Å². The topological polar surface area (TPSA) is 77.4 Å². The maximum absolute atomic E-state index is 11.8. The maximum atomic E-state index is 11.8. The average molecular weight is 338 g/mol. The van der Waals surface area contributed by atoms with Gasteiger partial charge in [-0.1, -0.05) is 0 Å². The molecule has 2 rings (SSSR count). The van der Waals surface area contributed by atoms with Gasteiger partial charge in [-0.05, 0) is 44.5 Å². The highest BCUT2D eigenvalue weighted by atomic mass is 32.2. The van der Waals surface area contributed by atoms with Crippen LogP contribution in [0.4, 0.5) is 4.79 Å². The number of carbonyl (C=O) groups is 1. The van der Waals surface area contributed by atoms with E-state index in [-0.39, 0.29) is 11.4 Å². The van der Waals surface area contributed by atoms with Gasteiger partial charge in [0.1, 0.15) is 5.60 Å². The van der Waals surface area contributed by atoms with Gasteiger partial charge in [-0.25, -0.2) is 13.2 Å². The lowest BCUT2D eigenvalue weighted by atomic mass is 10.2. The molecule has 7 heteroatoms. The largest absolute Gasteiger partial charge is 0.444 e. The Kier molecular flexibility index (Phi) is 4.43. The summed E-state index contributed by atoms with van der Waals surface area (Å²) in [7, 11) is -1.40. The van der Waals surface area contributed by atoms with Crippen LogP contribution < -0.4 is 5.32 Å². The summed E-state index contributed by atoms with van der Waals surface area (Å²) in [4.78, 5) is 12.0. The van der Waals surface area contributed by atoms with Gasteiger partial charge in [0, 0.05) is 36.9 Å². The first-order valence-electron chi connectivity index (χ1n) is 7.22. The van der Waals surface area contributed by atoms with Crippen LogP contribution in [0.25, 0.3) is 10.9 Å². The minimum atomic E-state index is -3.28. The van der Waals surface area contributed by atoms with Gasteiger partial charge >= 0.3 is 6.09 Å². The Morgan fingerprint density at radius 3 is 2.52 bits per heavy atom. The molecule has 1 aromatic carbocycles. The van der Waals surface area contributed by atoms with Crippen molar-refractivity contribution in [1.82, 2.24) is 9.88 Å². The monoisotopic (exact) mass is 338 g/mol. The van der Waals surface area contributed by atoms with Crippen molar-refractivity contribution in [2.75, 3.05) is 6.26 Å². The summed E-state index contributed by atoms with van der Waals surface area (Å²) in [6.07, 6.45) is 2.54. The molecule has 1 amide bonds. The molecule has 0 aliphatic heterocycles. The van der Waals surface area contributed by atoms with Crippen LogP contribution in [0.15, 0.2) is 29.3 Å². The Morgan fingerprint density at radius 1 is 1.30 bits per heavy atom. The number of hydrogen-bond acceptors (Lipinski definition) is 4. The highest BCUT2D eigenvalue weighted by molar-refractivity contribution is 7.90. The SMILES string of the molecule is Cn1cc(CNC(=O)OC(C)(C)C)c2cc(S(C)(=O)=O)ccc21. The second kappa shape index (κ2) is 5.88. The van der Waals surface area contributed by atoms with Crippen LogP contribution in [0, 0.1) is 0 Å². The number of sulfone groups is 1. The molecule has 0 saturated heterocycles. The fourth-order valence-electron chi connectivity index (χ4n) is 2.31. The Bertz CT molecular complexity index is 845. The minimum absolute atomic E-state index is 0.259. The maximum Gasteiger partial charge on any atom is 0.407 e. The van der Waals surface area contributed by atoms with Crippen LogP contribution in [-0.2, 0) is 28.2 Å². The standard InChI is InChI=1S/C16H22N2O4S/c1-16(2,3)22-15(19)17-9-11-10-18(4)14-7-6-12(8-13(11)14)23(5,20)21/h6-8,10H,9H2,1-5H3,(H,17,19). The number of aryl methyl sites for hydroxylation is 1. The van der Waals surface area contributed by atoms with Crippen LogP contribution in [0.2, 0.25) is 0 Å². The second-order valence-electron chi connectivity index (χ2n) is 6.57. The zero-order valence-electron chi connectivity index (χ0n) is 14.0. The molecule has 1 aromatic heterocycles. The predicted molar refractivity (Wildman–Crippen MR) is 89.1 cm³/mol. The van der Waals surface area contributed by atoms with Crippen molar-refractivity contribution in [1.29, 1.82) is 0 Å². The quantitative estimate of drug-likeness (QED) is 0.933. The number of alkyl carbamates (subject to hydrolysis) is 1. The highest BCUT2D eigenvalue weighted by Gasteiger charge is 2.17. The number of nitrogens with one attached hydrogen (secondary N) is 1. The molecular weight excluding hydrogens is 316 g/mol. The van der Waals surface area contributed by atoms with Gasteiger partial charge in [0.2, 0.25) is 0 Å². The van der Waals surface area contributed by atoms with E-state index in [1.807, 2.05) is 17.8 Å². The molecule has 0 atom stereocenters. The van der Waals surface area contributed by atoms with E-state index in [4.69, 9.17) is 4.74 Å². The number of ether oxygens (including phenoxy) is 1. The molecule has 23 heavy (non-hydrogen) atoms. The number of benzene rings is 1. The van der Waals surface area contributed by atoms with Crippen molar-refractivity contribution < 1.29 is 17.9 Å². The van der Waals surface area contributed by atoms with Crippen molar-refractivity contribution in [3.63, 3.8) is 0 Å². The van der Waals surface area contributed by atoms with E-state index in [9.17, 15) is 13.2 Å². The zero-order valence-corrected chi connectivity index (χ0v) is 14.8. The van der Waals surface area contributed by atoms with Crippen molar-refractivity contribution in [3.8, 4) is 0 Å². The number of nitrogens with zero attached hydrogens (tertiary/aromatic N) is 1. The number of hydrogen-bond donors (Lipinski definition) is 1. The fraction of sp³-hybridized carbons (Fsp3) is 0.438. The lowest BCUT2D eigenvalue weighted by molar-refractivity contribution is 0.0524. The molecule has 0 aliphatic carbocycles. The van der Waals surface area contributed by atoms with Crippen molar-refractivity contribution in [2.45, 2.75) is 37.8 Å². The second-order valence-corrected chi connectivity index (χ2v) is 8.59. The molecule has 0 fully saturated rings. The zero-order chi connectivity index (χ0) is 17.4. The lowest BCUT2D eigenvalue weighted by Crippen LogP contribution is -2.32. The van der Waals surface area contributed by atoms with E-state index in [2.05, 4.69) is 5.32 Å². The summed E-state index contributed by atoms with van der Waals surface area (Å²) in [5.41, 5.74) is 1.17. The predicted octanol–water partition coefficient (Wildman–Crippen LogP) is 2.61. The third-order valence-corrected chi connectivity index (χ3v) is 4.40. The third kappa shape index (κ3) is 4.25. The fourth-order valence-corrected chi connectivity index (χ4v) is 2.95. The van der Waals surface area contributed by atoms with Crippen molar-refractivity contribution in [2.24, 2.45) is 7.05 Å². The minimum Gasteiger partial charge on any atom is -0.444 e. The first-order valence-corrected chi connectivity index (χ1v) is 9.11. The summed E-state index contributed by atoms with van der Waals surface area (Å²) in [5.74, 6) is 0. The van der Waals surface area contributed by atoms with E-state index in [0.717, 1.165) is 16.5 Å². The molecule has 0 aliphatic rings. The Hall–Kier alpha value is -2.02. The summed E-state index contributed by atoms with van der Waals surface area (Å²) in [6.45, 7) is 5.65. The number of amides is 1. The first kappa shape index (κ1) is 17.3. The van der Waals surface area contributed by atoms with E-state index in [1.54, 1.807) is 39.0 Å². The molecule has 1 heterocycles. The van der Waals surface area contributed by atoms with Crippen molar-refractivity contribution in [3.05, 3.63) is 30.0 Å². The van der Waals surface area contributed by atoms with Crippen molar-refractivity contribution >= 4 is 26.8 Å². The molecule has 6 nitrogen and oxygen atoms in total. The van der Waals surface area contributed by atoms with Crippen LogP contribution in [-0.4, -0.2) is 30.9 Å². The van der Waals surface area contributed by atoms with E-state index in [1.165, 1.54) is 6.26 Å². The number of aromatic nitrogens is 1. The smallest absolute Gasteiger partial charge is 0.407 e. The average Bonchev–Trinajstić information content (AvgIpc) is 2.70. The molecule has 0 unspecified atom stereocenters. The normalized spacial score (nSPS) is 12.4. The van der Waals surface area contributed by atoms with Crippen LogP contribution >= 0.6 is 0 Å². The molecule has 0 spiro atoms. The van der Waals surface area contributed by atoms with Crippen LogP contribution in [0.5, 0.6) is 0 Å². The Labute approximate surface area is 136 Å². The molecular formula is C16H22N2O4S. The molecule has 1 N–H and O–H groups in total. The molecule has 0 bridgehead atoms. The van der Waals surface area contributed by atoms with Gasteiger partial charge in [0.25, 0.3) is 0 Å². The number of carbonyl (C=O) groups excluding carboxylic acids is 1. The van der Waals surface area contributed by atoms with Gasteiger partial charge in [0.05, 0.1) is 4.90 Å². The molecule has 0 radical (unpaired) electrons. The molecule has 126 valence electrons. The lowest BCUT2D eigenvalue weighted by Gasteiger charge is -2.19. The van der Waals surface area contributed by atoms with Gasteiger partial charge < -0.3 is 14.6 Å². The summed E-state index contributed by atoms with van der Waals surface area (Å²) in [5, 5.41) is 3.49. The number of fused-ring (bicyclic) bond motifs is 1. The van der Waals surface area contributed by atoms with Gasteiger partial charge in [-0.2, -0.15) is 0 Å². The summed E-state index contributed by atoms with van der Waals surface area (Å²) < 4.78 is 30.5. The van der Waals surface area contributed by atoms with E-state index < -0.39 is 21.5 Å². The summed E-state index contributed by atoms with van der Waals surface area (Å²) >= 11 is 0. The molecule has 2 aromatic rings. The van der Waals surface area contributed by atoms with Crippen LogP contribution in [0.3, 0.4) is 0 Å². The first-order chi connectivity index (χ1) is 10.5. The van der Waals surface area contributed by atoms with E-state index in [0.29, 0.717) is 0 Å². The third-order valence-electron chi connectivity index (χ3n) is 3.29. The summed E-state index contributed by atoms with van der Waals surface area (Å²) in [6, 6.07) is 4.99. The van der Waals surface area contributed by atoms with Gasteiger partial charge in [0.15, 0.2) is 9.84 Å².